The van der Waals surface area contributed by atoms with Crippen molar-refractivity contribution in [1.82, 2.24) is 9.80 Å². The van der Waals surface area contributed by atoms with E-state index < -0.39 is 17.1 Å². The van der Waals surface area contributed by atoms with Crippen LogP contribution in [0.15, 0.2) is 60.7 Å². The highest BCUT2D eigenvalue weighted by Gasteiger charge is 2.73. The van der Waals surface area contributed by atoms with Crippen LogP contribution in [0.2, 0.25) is 0 Å². The van der Waals surface area contributed by atoms with Gasteiger partial charge in [-0.2, -0.15) is 0 Å². The fraction of sp³-hybridized carbons (Fsp3) is 0.462. The number of amides is 1. The van der Waals surface area contributed by atoms with Gasteiger partial charge < -0.3 is 19.8 Å². The van der Waals surface area contributed by atoms with Crippen LogP contribution in [0.1, 0.15) is 66.5 Å². The Bertz CT molecular complexity index is 1690. The molecule has 0 radical (unpaired) electrons. The number of rotatable bonds is 6. The molecule has 2 N–H and O–H groups in total. The highest BCUT2D eigenvalue weighted by Crippen LogP contribution is 2.65. The standard InChI is InChI=1S/C39H44N2O4/c1-25(2)24-41(34(43)15-12-29-11-10-26(3)27(4)22-29)31-16-18-39(44)33-23-30-13-14-32(42)36-35(30)38(39,37(31)45-36)19-21-40(33)20-17-28-8-6-5-7-9-28/h5-11,13-14,22,25,31,33,37,42,44H,16-21,23-24H2,1-4H3/t31-,33+,37-,38-,39+/m0/s1. The molecule has 5 atom stereocenters. The number of phenolic OH excluding ortho intramolecular Hbond substituents is 1. The predicted molar refractivity (Wildman–Crippen MR) is 175 cm³/mol. The van der Waals surface area contributed by atoms with Gasteiger partial charge in [-0.1, -0.05) is 62.2 Å². The molecular formula is C39H44N2O4. The van der Waals surface area contributed by atoms with E-state index in [1.807, 2.05) is 35.2 Å². The first-order valence-electron chi connectivity index (χ1n) is 16.5. The Morgan fingerprint density at radius 1 is 1.09 bits per heavy atom. The molecule has 1 spiro atoms. The van der Waals surface area contributed by atoms with Gasteiger partial charge in [-0.15, -0.1) is 0 Å². The normalized spacial score (nSPS) is 27.7. The van der Waals surface area contributed by atoms with Gasteiger partial charge in [0.2, 0.25) is 0 Å². The van der Waals surface area contributed by atoms with E-state index in [0.29, 0.717) is 38.0 Å². The van der Waals surface area contributed by atoms with Gasteiger partial charge in [0.15, 0.2) is 11.5 Å². The molecule has 234 valence electrons. The van der Waals surface area contributed by atoms with Crippen molar-refractivity contribution in [3.8, 4) is 23.3 Å². The van der Waals surface area contributed by atoms with E-state index in [9.17, 15) is 15.0 Å². The number of aromatic hydroxyl groups is 1. The van der Waals surface area contributed by atoms with Gasteiger partial charge in [-0.3, -0.25) is 9.69 Å². The third-order valence-electron chi connectivity index (χ3n) is 11.1. The van der Waals surface area contributed by atoms with E-state index in [4.69, 9.17) is 4.74 Å². The highest BCUT2D eigenvalue weighted by atomic mass is 16.5. The number of aliphatic hydroxyl groups is 1. The van der Waals surface area contributed by atoms with Crippen molar-refractivity contribution in [1.29, 1.82) is 0 Å². The van der Waals surface area contributed by atoms with E-state index in [2.05, 4.69) is 68.7 Å². The summed E-state index contributed by atoms with van der Waals surface area (Å²) >= 11 is 0. The van der Waals surface area contributed by atoms with Gasteiger partial charge in [0.05, 0.1) is 17.1 Å². The molecule has 1 saturated carbocycles. The summed E-state index contributed by atoms with van der Waals surface area (Å²) in [6.07, 6.45) is 3.05. The molecule has 1 saturated heterocycles. The summed E-state index contributed by atoms with van der Waals surface area (Å²) in [7, 11) is 0. The van der Waals surface area contributed by atoms with E-state index in [-0.39, 0.29) is 29.7 Å². The molecule has 6 nitrogen and oxygen atoms in total. The summed E-state index contributed by atoms with van der Waals surface area (Å²) in [5.41, 5.74) is 4.83. The third kappa shape index (κ3) is 4.75. The first-order valence-corrected chi connectivity index (χ1v) is 16.5. The zero-order valence-electron chi connectivity index (χ0n) is 26.8. The number of nitrogens with zero attached hydrogens (tertiary/aromatic N) is 2. The van der Waals surface area contributed by atoms with Crippen LogP contribution >= 0.6 is 0 Å². The Morgan fingerprint density at radius 3 is 2.64 bits per heavy atom. The molecule has 2 heterocycles. The van der Waals surface area contributed by atoms with Crippen LogP contribution < -0.4 is 4.74 Å². The number of hydrogen-bond acceptors (Lipinski definition) is 5. The molecule has 4 aliphatic rings. The summed E-state index contributed by atoms with van der Waals surface area (Å²) in [5, 5.41) is 24.0. The van der Waals surface area contributed by atoms with E-state index >= 15 is 0 Å². The van der Waals surface area contributed by atoms with Crippen molar-refractivity contribution in [3.05, 3.63) is 94.0 Å². The molecule has 0 unspecified atom stereocenters. The molecule has 2 bridgehead atoms. The first-order chi connectivity index (χ1) is 21.6. The third-order valence-corrected chi connectivity index (χ3v) is 11.1. The zero-order valence-corrected chi connectivity index (χ0v) is 26.8. The molecule has 3 aromatic carbocycles. The van der Waals surface area contributed by atoms with Gasteiger partial charge in [-0.05, 0) is 98.9 Å². The van der Waals surface area contributed by atoms with Crippen LogP contribution in [0.4, 0.5) is 0 Å². The van der Waals surface area contributed by atoms with Crippen LogP contribution in [-0.4, -0.2) is 69.3 Å². The summed E-state index contributed by atoms with van der Waals surface area (Å²) in [6.45, 7) is 10.6. The Balaban J connectivity index is 1.25. The van der Waals surface area contributed by atoms with Gasteiger partial charge >= 0.3 is 0 Å². The Labute approximate surface area is 267 Å². The van der Waals surface area contributed by atoms with Crippen LogP contribution in [0.5, 0.6) is 11.5 Å². The summed E-state index contributed by atoms with van der Waals surface area (Å²) in [5.74, 6) is 6.70. The lowest BCUT2D eigenvalue weighted by molar-refractivity contribution is -0.200. The minimum atomic E-state index is -1.03. The molecule has 1 amide bonds. The number of hydrogen-bond donors (Lipinski definition) is 2. The molecule has 6 heteroatoms. The van der Waals surface area contributed by atoms with Gasteiger partial charge in [0.1, 0.15) is 6.10 Å². The van der Waals surface area contributed by atoms with Crippen molar-refractivity contribution in [2.45, 2.75) is 89.0 Å². The van der Waals surface area contributed by atoms with Crippen molar-refractivity contribution < 1.29 is 19.7 Å². The zero-order chi connectivity index (χ0) is 31.5. The van der Waals surface area contributed by atoms with Crippen LogP contribution in [0, 0.1) is 31.6 Å². The maximum atomic E-state index is 14.0. The molecule has 7 rings (SSSR count). The summed E-state index contributed by atoms with van der Waals surface area (Å²) in [6, 6.07) is 20.0. The number of carbonyl (C=O) groups is 1. The van der Waals surface area contributed by atoms with Gasteiger partial charge in [-0.25, -0.2) is 0 Å². The van der Waals surface area contributed by atoms with Crippen molar-refractivity contribution >= 4 is 5.91 Å². The van der Waals surface area contributed by atoms with E-state index in [1.54, 1.807) is 6.07 Å². The monoisotopic (exact) mass is 604 g/mol. The van der Waals surface area contributed by atoms with Crippen molar-refractivity contribution in [2.75, 3.05) is 19.6 Å². The number of piperidine rings is 1. The second kappa shape index (κ2) is 11.2. The fourth-order valence-electron chi connectivity index (χ4n) is 8.89. The molecular weight excluding hydrogens is 560 g/mol. The Hall–Kier alpha value is -3.79. The average Bonchev–Trinajstić information content (AvgIpc) is 3.38. The molecule has 3 aromatic rings. The highest BCUT2D eigenvalue weighted by molar-refractivity contribution is 5.94. The number of ether oxygens (including phenoxy) is 1. The number of benzene rings is 3. The fourth-order valence-corrected chi connectivity index (χ4v) is 8.89. The Kier molecular flexibility index (Phi) is 7.46. The molecule has 45 heavy (non-hydrogen) atoms. The van der Waals surface area contributed by atoms with E-state index in [1.165, 1.54) is 11.1 Å². The molecule has 2 aliphatic carbocycles. The second-order valence-electron chi connectivity index (χ2n) is 14.1. The first kappa shape index (κ1) is 29.9. The van der Waals surface area contributed by atoms with E-state index in [0.717, 1.165) is 41.8 Å². The lowest BCUT2D eigenvalue weighted by atomic mass is 9.48. The SMILES string of the molecule is Cc1ccc(C#CC(=O)N(CC(C)C)[C@H]2CC[C@@]3(O)[C@H]4Cc5ccc(O)c6c5[C@@]3(CCN4CCc3ccccc3)[C@H]2O6)cc1C. The van der Waals surface area contributed by atoms with Gasteiger partial charge in [0, 0.05) is 36.2 Å². The van der Waals surface area contributed by atoms with Crippen LogP contribution in [0.25, 0.3) is 0 Å². The largest absolute Gasteiger partial charge is 0.504 e. The topological polar surface area (TPSA) is 73.2 Å². The number of likely N-dealkylation sites (tertiary alicyclic amines) is 1. The minimum Gasteiger partial charge on any atom is -0.504 e. The molecule has 0 aromatic heterocycles. The lowest BCUT2D eigenvalue weighted by Crippen LogP contribution is -2.78. The second-order valence-corrected chi connectivity index (χ2v) is 14.1. The smallest absolute Gasteiger partial charge is 0.299 e. The van der Waals surface area contributed by atoms with Crippen LogP contribution in [-0.2, 0) is 23.1 Å². The van der Waals surface area contributed by atoms with Crippen molar-refractivity contribution in [3.63, 3.8) is 0 Å². The number of phenols is 1. The minimum absolute atomic E-state index is 0.0659. The number of carbonyl (C=O) groups excluding carboxylic acids is 1. The maximum absolute atomic E-state index is 14.0. The maximum Gasteiger partial charge on any atom is 0.299 e. The van der Waals surface area contributed by atoms with Crippen molar-refractivity contribution in [2.24, 2.45) is 5.92 Å². The number of aryl methyl sites for hydroxylation is 2. The van der Waals surface area contributed by atoms with Gasteiger partial charge in [0.25, 0.3) is 5.91 Å². The predicted octanol–water partition coefficient (Wildman–Crippen LogP) is 5.31. The lowest BCUT2D eigenvalue weighted by Gasteiger charge is -2.64. The molecule has 2 fully saturated rings. The Morgan fingerprint density at radius 2 is 1.89 bits per heavy atom. The molecule has 2 aliphatic heterocycles. The summed E-state index contributed by atoms with van der Waals surface area (Å²) in [4.78, 5) is 18.4. The van der Waals surface area contributed by atoms with Crippen LogP contribution in [0.3, 0.4) is 0 Å². The quantitative estimate of drug-likeness (QED) is 0.373. The average molecular weight is 605 g/mol. The summed E-state index contributed by atoms with van der Waals surface area (Å²) < 4.78 is 6.79.